The number of nitrogens with zero attached hydrogens (tertiary/aromatic N) is 2. The summed E-state index contributed by atoms with van der Waals surface area (Å²) in [5.41, 5.74) is 0. The lowest BCUT2D eigenvalue weighted by molar-refractivity contribution is -0.160. The molecule has 0 aliphatic heterocycles. The summed E-state index contributed by atoms with van der Waals surface area (Å²) in [6, 6.07) is 1.65. The first-order chi connectivity index (χ1) is 6.54. The minimum atomic E-state index is -0.875. The van der Waals surface area contributed by atoms with E-state index in [0.717, 1.165) is 0 Å². The van der Waals surface area contributed by atoms with Crippen molar-refractivity contribution < 1.29 is 14.3 Å². The van der Waals surface area contributed by atoms with Gasteiger partial charge in [-0.05, 0) is 13.8 Å². The van der Waals surface area contributed by atoms with Gasteiger partial charge in [0.15, 0.2) is 0 Å². The molecule has 0 aliphatic rings. The molecule has 0 aliphatic carbocycles. The van der Waals surface area contributed by atoms with Crippen LogP contribution in [0.15, 0.2) is 0 Å². The van der Waals surface area contributed by atoms with Gasteiger partial charge in [0.25, 0.3) is 0 Å². The first-order valence-corrected chi connectivity index (χ1v) is 4.35. The van der Waals surface area contributed by atoms with Crippen molar-refractivity contribution in [1.82, 2.24) is 4.90 Å². The van der Waals surface area contributed by atoms with Crippen LogP contribution in [0, 0.1) is 11.3 Å². The molecule has 0 saturated carbocycles. The van der Waals surface area contributed by atoms with Crippen LogP contribution < -0.4 is 0 Å². The Morgan fingerprint density at radius 1 is 1.57 bits per heavy atom. The maximum atomic E-state index is 11.3. The molecule has 78 valence electrons. The van der Waals surface area contributed by atoms with Crippen molar-refractivity contribution in [2.75, 3.05) is 13.7 Å². The van der Waals surface area contributed by atoms with Crippen LogP contribution in [0.25, 0.3) is 0 Å². The van der Waals surface area contributed by atoms with Crippen molar-refractivity contribution in [3.8, 4) is 6.07 Å². The van der Waals surface area contributed by atoms with E-state index in [9.17, 15) is 9.59 Å². The number of esters is 1. The monoisotopic (exact) mass is 198 g/mol. The summed E-state index contributed by atoms with van der Waals surface area (Å²) < 4.78 is 4.54. The summed E-state index contributed by atoms with van der Waals surface area (Å²) in [7, 11) is 1.47. The van der Waals surface area contributed by atoms with Gasteiger partial charge < -0.3 is 9.64 Å². The molecular weight excluding hydrogens is 184 g/mol. The van der Waals surface area contributed by atoms with Crippen molar-refractivity contribution in [2.45, 2.75) is 26.3 Å². The standard InChI is InChI=1S/C9H14N2O3/c1-4-14-9(13)8(12)11(3)7(2)5-6-10/h7H,4-5H2,1-3H3. The summed E-state index contributed by atoms with van der Waals surface area (Å²) >= 11 is 0. The van der Waals surface area contributed by atoms with Crippen LogP contribution in [0.5, 0.6) is 0 Å². The number of rotatable bonds is 3. The summed E-state index contributed by atoms with van der Waals surface area (Å²) in [4.78, 5) is 23.5. The van der Waals surface area contributed by atoms with Gasteiger partial charge in [-0.25, -0.2) is 4.79 Å². The van der Waals surface area contributed by atoms with Crippen LogP contribution in [0.4, 0.5) is 0 Å². The number of ether oxygens (including phenoxy) is 1. The van der Waals surface area contributed by atoms with Gasteiger partial charge >= 0.3 is 11.9 Å². The molecule has 0 fully saturated rings. The largest absolute Gasteiger partial charge is 0.459 e. The number of hydrogen-bond donors (Lipinski definition) is 0. The van der Waals surface area contributed by atoms with Crippen molar-refractivity contribution in [3.63, 3.8) is 0 Å². The lowest BCUT2D eigenvalue weighted by Crippen LogP contribution is -2.40. The summed E-state index contributed by atoms with van der Waals surface area (Å²) in [6.07, 6.45) is 0.196. The van der Waals surface area contributed by atoms with Gasteiger partial charge in [-0.3, -0.25) is 4.79 Å². The van der Waals surface area contributed by atoms with Crippen LogP contribution in [0.2, 0.25) is 0 Å². The number of likely N-dealkylation sites (N-methyl/N-ethyl adjacent to an activating group) is 1. The van der Waals surface area contributed by atoms with Gasteiger partial charge in [0, 0.05) is 13.1 Å². The Bertz CT molecular complexity index is 257. The predicted molar refractivity (Wildman–Crippen MR) is 49.1 cm³/mol. The quantitative estimate of drug-likeness (QED) is 0.483. The number of carbonyl (C=O) groups is 2. The summed E-state index contributed by atoms with van der Waals surface area (Å²) in [5.74, 6) is -1.59. The second-order valence-electron chi connectivity index (χ2n) is 2.85. The van der Waals surface area contributed by atoms with Crippen LogP contribution in [0.1, 0.15) is 20.3 Å². The zero-order valence-electron chi connectivity index (χ0n) is 8.61. The van der Waals surface area contributed by atoms with Gasteiger partial charge in [0.2, 0.25) is 0 Å². The van der Waals surface area contributed by atoms with E-state index in [1.165, 1.54) is 11.9 Å². The average Bonchev–Trinajstić information content (AvgIpc) is 2.16. The van der Waals surface area contributed by atoms with E-state index < -0.39 is 11.9 Å². The third-order valence-corrected chi connectivity index (χ3v) is 1.82. The van der Waals surface area contributed by atoms with E-state index in [4.69, 9.17) is 5.26 Å². The van der Waals surface area contributed by atoms with Crippen molar-refractivity contribution in [2.24, 2.45) is 0 Å². The van der Waals surface area contributed by atoms with Crippen LogP contribution in [0.3, 0.4) is 0 Å². The fourth-order valence-electron chi connectivity index (χ4n) is 0.806. The van der Waals surface area contributed by atoms with Gasteiger partial charge in [-0.15, -0.1) is 0 Å². The molecule has 0 aromatic rings. The molecule has 14 heavy (non-hydrogen) atoms. The molecule has 0 aromatic carbocycles. The Balaban J connectivity index is 4.25. The van der Waals surface area contributed by atoms with Crippen LogP contribution in [-0.2, 0) is 14.3 Å². The first kappa shape index (κ1) is 12.4. The smallest absolute Gasteiger partial charge is 0.397 e. The van der Waals surface area contributed by atoms with E-state index in [2.05, 4.69) is 4.74 Å². The molecule has 0 spiro atoms. The second kappa shape index (κ2) is 5.97. The third-order valence-electron chi connectivity index (χ3n) is 1.82. The molecule has 0 heterocycles. The van der Waals surface area contributed by atoms with Crippen molar-refractivity contribution >= 4 is 11.9 Å². The highest BCUT2D eigenvalue weighted by Gasteiger charge is 2.23. The van der Waals surface area contributed by atoms with E-state index in [0.29, 0.717) is 0 Å². The van der Waals surface area contributed by atoms with E-state index in [1.807, 2.05) is 6.07 Å². The van der Waals surface area contributed by atoms with Crippen LogP contribution >= 0.6 is 0 Å². The predicted octanol–water partition coefficient (Wildman–Crippen LogP) is 0.310. The Kier molecular flexibility index (Phi) is 5.30. The molecule has 0 saturated heterocycles. The summed E-state index contributed by atoms with van der Waals surface area (Å²) in [6.45, 7) is 3.50. The minimum Gasteiger partial charge on any atom is -0.459 e. The molecular formula is C9H14N2O3. The summed E-state index contributed by atoms with van der Waals surface area (Å²) in [5, 5.41) is 8.41. The molecule has 5 heteroatoms. The molecule has 0 rings (SSSR count). The fraction of sp³-hybridized carbons (Fsp3) is 0.667. The van der Waals surface area contributed by atoms with Gasteiger partial charge in [0.1, 0.15) is 0 Å². The maximum absolute atomic E-state index is 11.3. The number of carbonyl (C=O) groups excluding carboxylic acids is 2. The Labute approximate surface area is 83.2 Å². The van der Waals surface area contributed by atoms with E-state index in [1.54, 1.807) is 13.8 Å². The molecule has 0 aromatic heterocycles. The highest BCUT2D eigenvalue weighted by Crippen LogP contribution is 2.01. The Hall–Kier alpha value is -1.57. The molecule has 0 radical (unpaired) electrons. The van der Waals surface area contributed by atoms with Crippen molar-refractivity contribution in [3.05, 3.63) is 0 Å². The highest BCUT2D eigenvalue weighted by molar-refractivity contribution is 6.32. The number of amides is 1. The Morgan fingerprint density at radius 3 is 2.57 bits per heavy atom. The SMILES string of the molecule is CCOC(=O)C(=O)N(C)C(C)CC#N. The van der Waals surface area contributed by atoms with Gasteiger partial charge in [-0.1, -0.05) is 0 Å². The lowest BCUT2D eigenvalue weighted by atomic mass is 10.2. The minimum absolute atomic E-state index is 0.172. The first-order valence-electron chi connectivity index (χ1n) is 4.35. The van der Waals surface area contributed by atoms with Crippen LogP contribution in [-0.4, -0.2) is 36.5 Å². The van der Waals surface area contributed by atoms with Gasteiger partial charge in [0.05, 0.1) is 19.1 Å². The zero-order valence-corrected chi connectivity index (χ0v) is 8.61. The lowest BCUT2D eigenvalue weighted by Gasteiger charge is -2.21. The molecule has 1 amide bonds. The zero-order chi connectivity index (χ0) is 11.1. The number of nitriles is 1. The molecule has 5 nitrogen and oxygen atoms in total. The van der Waals surface area contributed by atoms with E-state index in [-0.39, 0.29) is 19.1 Å². The van der Waals surface area contributed by atoms with E-state index >= 15 is 0 Å². The molecule has 1 atom stereocenters. The third kappa shape index (κ3) is 3.44. The fourth-order valence-corrected chi connectivity index (χ4v) is 0.806. The van der Waals surface area contributed by atoms with Gasteiger partial charge in [-0.2, -0.15) is 5.26 Å². The maximum Gasteiger partial charge on any atom is 0.397 e. The number of hydrogen-bond acceptors (Lipinski definition) is 4. The molecule has 0 bridgehead atoms. The topological polar surface area (TPSA) is 70.4 Å². The molecule has 0 N–H and O–H groups in total. The normalized spacial score (nSPS) is 11.3. The average molecular weight is 198 g/mol. The Morgan fingerprint density at radius 2 is 2.14 bits per heavy atom. The highest BCUT2D eigenvalue weighted by atomic mass is 16.5. The molecule has 1 unspecified atom stereocenters. The van der Waals surface area contributed by atoms with Crippen molar-refractivity contribution in [1.29, 1.82) is 5.26 Å². The second-order valence-corrected chi connectivity index (χ2v) is 2.85.